The highest BCUT2D eigenvalue weighted by atomic mass is 79.9. The Morgan fingerprint density at radius 1 is 1.50 bits per heavy atom. The minimum Gasteiger partial charge on any atom is -0.507 e. The maximum atomic E-state index is 13.2. The van der Waals surface area contributed by atoms with Crippen LogP contribution in [0.1, 0.15) is 30.6 Å². The molecule has 0 aliphatic rings. The molecule has 0 heterocycles. The van der Waals surface area contributed by atoms with Gasteiger partial charge in [-0.1, -0.05) is 0 Å². The number of benzene rings is 1. The summed E-state index contributed by atoms with van der Waals surface area (Å²) in [5.41, 5.74) is -1.31. The minimum absolute atomic E-state index is 0.0878. The minimum atomic E-state index is -1.19. The van der Waals surface area contributed by atoms with E-state index in [0.29, 0.717) is 0 Å². The summed E-state index contributed by atoms with van der Waals surface area (Å²) in [6.45, 7) is 2.94. The molecule has 0 aliphatic carbocycles. The van der Waals surface area contributed by atoms with E-state index < -0.39 is 17.2 Å². The number of carbonyl (C=O) groups is 1. The Balaban J connectivity index is 3.05. The molecule has 1 aromatic rings. The van der Waals surface area contributed by atoms with Crippen molar-refractivity contribution < 1.29 is 19.4 Å². The third-order valence-corrected chi connectivity index (χ3v) is 2.54. The second-order valence-corrected chi connectivity index (χ2v) is 5.05. The first kappa shape index (κ1) is 13.1. The van der Waals surface area contributed by atoms with Gasteiger partial charge in [0.2, 0.25) is 0 Å². The highest BCUT2D eigenvalue weighted by molar-refractivity contribution is 9.10. The molecule has 1 aromatic carbocycles. The number of aromatic hydroxyl groups is 1. The largest absolute Gasteiger partial charge is 0.507 e. The molecule has 0 unspecified atom stereocenters. The Morgan fingerprint density at radius 2 is 2.06 bits per heavy atom. The number of phenols is 1. The molecule has 0 spiro atoms. The fraction of sp³-hybridized carbons (Fsp3) is 0.364. The molecule has 0 amide bonds. The Bertz CT molecular complexity index is 424. The Morgan fingerprint density at radius 3 is 2.56 bits per heavy atom. The number of rotatable bonds is 3. The normalized spacial score (nSPS) is 11.6. The van der Waals surface area contributed by atoms with Gasteiger partial charge >= 0.3 is 0 Å². The van der Waals surface area contributed by atoms with Gasteiger partial charge in [0.25, 0.3) is 0 Å². The Hall–Kier alpha value is -0.940. The third-order valence-electron chi connectivity index (χ3n) is 1.93. The standard InChI is InChI=1S/C11H12BrFO3/c1-11(2,16)5-10(15)6-3-8(13)7(12)4-9(6)14/h3-4,14,16H,5H2,1-2H3. The van der Waals surface area contributed by atoms with Gasteiger partial charge in [0.15, 0.2) is 5.78 Å². The van der Waals surface area contributed by atoms with Crippen LogP contribution in [0.4, 0.5) is 4.39 Å². The summed E-state index contributed by atoms with van der Waals surface area (Å²) in [5.74, 6) is -1.43. The predicted molar refractivity (Wildman–Crippen MR) is 61.0 cm³/mol. The van der Waals surface area contributed by atoms with Crippen LogP contribution in [0.3, 0.4) is 0 Å². The van der Waals surface area contributed by atoms with E-state index in [2.05, 4.69) is 15.9 Å². The van der Waals surface area contributed by atoms with E-state index in [0.717, 1.165) is 12.1 Å². The number of aliphatic hydroxyl groups is 1. The van der Waals surface area contributed by atoms with Crippen molar-refractivity contribution in [2.45, 2.75) is 25.9 Å². The van der Waals surface area contributed by atoms with E-state index in [1.54, 1.807) is 0 Å². The summed E-state index contributed by atoms with van der Waals surface area (Å²) in [6, 6.07) is 2.07. The molecule has 2 N–H and O–H groups in total. The van der Waals surface area contributed by atoms with Gasteiger partial charge in [-0.15, -0.1) is 0 Å². The monoisotopic (exact) mass is 290 g/mol. The fourth-order valence-electron chi connectivity index (χ4n) is 1.25. The van der Waals surface area contributed by atoms with Crippen LogP contribution in [0.2, 0.25) is 0 Å². The van der Waals surface area contributed by atoms with E-state index in [1.807, 2.05) is 0 Å². The number of ketones is 1. The molecular weight excluding hydrogens is 279 g/mol. The van der Waals surface area contributed by atoms with Gasteiger partial charge < -0.3 is 10.2 Å². The van der Waals surface area contributed by atoms with E-state index in [4.69, 9.17) is 0 Å². The van der Waals surface area contributed by atoms with Crippen molar-refractivity contribution >= 4 is 21.7 Å². The van der Waals surface area contributed by atoms with Crippen LogP contribution >= 0.6 is 15.9 Å². The maximum absolute atomic E-state index is 13.2. The lowest BCUT2D eigenvalue weighted by Crippen LogP contribution is -2.23. The van der Waals surface area contributed by atoms with E-state index in [1.165, 1.54) is 13.8 Å². The molecule has 0 saturated heterocycles. The molecule has 0 fully saturated rings. The zero-order chi connectivity index (χ0) is 12.5. The van der Waals surface area contributed by atoms with Crippen molar-refractivity contribution in [2.75, 3.05) is 0 Å². The highest BCUT2D eigenvalue weighted by Gasteiger charge is 2.22. The lowest BCUT2D eigenvalue weighted by atomic mass is 9.97. The van der Waals surface area contributed by atoms with Crippen molar-refractivity contribution in [3.63, 3.8) is 0 Å². The molecule has 0 radical (unpaired) electrons. The van der Waals surface area contributed by atoms with Gasteiger partial charge in [-0.25, -0.2) is 4.39 Å². The third kappa shape index (κ3) is 3.28. The zero-order valence-electron chi connectivity index (χ0n) is 8.92. The Kier molecular flexibility index (Phi) is 3.70. The first-order valence-electron chi connectivity index (χ1n) is 4.64. The van der Waals surface area contributed by atoms with E-state index in [9.17, 15) is 19.4 Å². The summed E-state index contributed by atoms with van der Waals surface area (Å²) in [4.78, 5) is 11.6. The number of hydrogen-bond donors (Lipinski definition) is 2. The molecular formula is C11H12BrFO3. The van der Waals surface area contributed by atoms with Crippen molar-refractivity contribution in [1.82, 2.24) is 0 Å². The number of phenolic OH excluding ortho intramolecular Hbond substituents is 1. The zero-order valence-corrected chi connectivity index (χ0v) is 10.5. The highest BCUT2D eigenvalue weighted by Crippen LogP contribution is 2.27. The number of Topliss-reactive ketones (excluding diaryl/α,β-unsaturated/α-hetero) is 1. The van der Waals surface area contributed by atoms with Gasteiger partial charge in [0, 0.05) is 6.42 Å². The van der Waals surface area contributed by atoms with Gasteiger partial charge in [0.05, 0.1) is 15.6 Å². The fourth-order valence-corrected chi connectivity index (χ4v) is 1.58. The molecule has 0 saturated carbocycles. The van der Waals surface area contributed by atoms with E-state index in [-0.39, 0.29) is 22.2 Å². The second kappa shape index (κ2) is 4.51. The Labute approximate surface area is 101 Å². The lowest BCUT2D eigenvalue weighted by Gasteiger charge is -2.16. The predicted octanol–water partition coefficient (Wildman–Crippen LogP) is 2.64. The van der Waals surface area contributed by atoms with Gasteiger partial charge in [-0.3, -0.25) is 4.79 Å². The summed E-state index contributed by atoms with van der Waals surface area (Å²) in [5, 5.41) is 18.9. The van der Waals surface area contributed by atoms with Crippen LogP contribution in [0.5, 0.6) is 5.75 Å². The van der Waals surface area contributed by atoms with Crippen LogP contribution in [0.15, 0.2) is 16.6 Å². The van der Waals surface area contributed by atoms with Gasteiger partial charge in [0.1, 0.15) is 11.6 Å². The van der Waals surface area contributed by atoms with Crippen molar-refractivity contribution in [3.8, 4) is 5.75 Å². The summed E-state index contributed by atoms with van der Waals surface area (Å²) in [6.07, 6.45) is -0.179. The van der Waals surface area contributed by atoms with Crippen LogP contribution in [0, 0.1) is 5.82 Å². The van der Waals surface area contributed by atoms with Gasteiger partial charge in [-0.05, 0) is 41.9 Å². The first-order valence-corrected chi connectivity index (χ1v) is 5.43. The number of halogens is 2. The average Bonchev–Trinajstić information content (AvgIpc) is 2.08. The summed E-state index contributed by atoms with van der Waals surface area (Å²) in [7, 11) is 0. The topological polar surface area (TPSA) is 57.5 Å². The second-order valence-electron chi connectivity index (χ2n) is 4.20. The quantitative estimate of drug-likeness (QED) is 0.842. The molecule has 88 valence electrons. The SMILES string of the molecule is CC(C)(O)CC(=O)c1cc(F)c(Br)cc1O. The number of carbonyl (C=O) groups excluding carboxylic acids is 1. The molecule has 1 rings (SSSR count). The molecule has 0 aliphatic heterocycles. The molecule has 5 heteroatoms. The van der Waals surface area contributed by atoms with Crippen molar-refractivity contribution in [3.05, 3.63) is 28.0 Å². The van der Waals surface area contributed by atoms with Crippen molar-refractivity contribution in [2.24, 2.45) is 0 Å². The van der Waals surface area contributed by atoms with Gasteiger partial charge in [-0.2, -0.15) is 0 Å². The summed E-state index contributed by atoms with van der Waals surface area (Å²) >= 11 is 2.90. The lowest BCUT2D eigenvalue weighted by molar-refractivity contribution is 0.0586. The number of hydrogen-bond acceptors (Lipinski definition) is 3. The molecule has 16 heavy (non-hydrogen) atoms. The molecule has 0 atom stereocenters. The van der Waals surface area contributed by atoms with Crippen LogP contribution < -0.4 is 0 Å². The first-order chi connectivity index (χ1) is 7.20. The smallest absolute Gasteiger partial charge is 0.169 e. The van der Waals surface area contributed by atoms with Crippen LogP contribution in [0.25, 0.3) is 0 Å². The molecule has 3 nitrogen and oxygen atoms in total. The van der Waals surface area contributed by atoms with Crippen molar-refractivity contribution in [1.29, 1.82) is 0 Å². The van der Waals surface area contributed by atoms with Crippen LogP contribution in [-0.2, 0) is 0 Å². The van der Waals surface area contributed by atoms with Crippen LogP contribution in [-0.4, -0.2) is 21.6 Å². The summed E-state index contributed by atoms with van der Waals surface area (Å²) < 4.78 is 13.3. The average molecular weight is 291 g/mol. The molecule has 0 aromatic heterocycles. The maximum Gasteiger partial charge on any atom is 0.169 e. The molecule has 0 bridgehead atoms. The van der Waals surface area contributed by atoms with E-state index >= 15 is 0 Å².